The Bertz CT molecular complexity index is 604. The van der Waals surface area contributed by atoms with Crippen molar-refractivity contribution in [2.45, 2.75) is 38.8 Å². The Morgan fingerprint density at radius 2 is 2.10 bits per heavy atom. The first-order valence-electron chi connectivity index (χ1n) is 7.47. The van der Waals surface area contributed by atoms with Crippen molar-refractivity contribution in [3.63, 3.8) is 0 Å². The summed E-state index contributed by atoms with van der Waals surface area (Å²) in [4.78, 5) is 7.08. The first-order valence-corrected chi connectivity index (χ1v) is 7.47. The summed E-state index contributed by atoms with van der Waals surface area (Å²) >= 11 is 0. The van der Waals surface area contributed by atoms with Crippen LogP contribution in [-0.2, 0) is 0 Å². The molecule has 2 aromatic rings. The quantitative estimate of drug-likeness (QED) is 0.901. The number of aromatic nitrogens is 1. The molecule has 0 aliphatic heterocycles. The van der Waals surface area contributed by atoms with E-state index in [0.717, 1.165) is 23.8 Å². The summed E-state index contributed by atoms with van der Waals surface area (Å²) in [6, 6.07) is 11.8. The lowest BCUT2D eigenvalue weighted by Crippen LogP contribution is -2.36. The third-order valence-electron chi connectivity index (χ3n) is 4.25. The maximum Gasteiger partial charge on any atom is 0.0725 e. The van der Waals surface area contributed by atoms with E-state index in [0.29, 0.717) is 6.04 Å². The molecule has 1 heterocycles. The monoisotopic (exact) mass is 269 g/mol. The molecule has 1 saturated carbocycles. The van der Waals surface area contributed by atoms with Gasteiger partial charge in [0.1, 0.15) is 0 Å². The summed E-state index contributed by atoms with van der Waals surface area (Å²) in [5.41, 5.74) is 3.33. The molecule has 0 radical (unpaired) electrons. The van der Waals surface area contributed by atoms with Crippen molar-refractivity contribution in [3.8, 4) is 0 Å². The highest BCUT2D eigenvalue weighted by Gasteiger charge is 2.28. The molecule has 1 aliphatic carbocycles. The third-order valence-corrected chi connectivity index (χ3v) is 4.25. The van der Waals surface area contributed by atoms with Crippen molar-refractivity contribution in [3.05, 3.63) is 36.0 Å². The molecule has 106 valence electrons. The lowest BCUT2D eigenvalue weighted by Gasteiger charge is -2.25. The first kappa shape index (κ1) is 13.4. The molecule has 1 aromatic heterocycles. The van der Waals surface area contributed by atoms with Crippen LogP contribution in [0.1, 0.15) is 25.5 Å². The molecule has 1 aliphatic rings. The van der Waals surface area contributed by atoms with E-state index < -0.39 is 0 Å². The molecule has 3 heteroatoms. The molecule has 1 unspecified atom stereocenters. The highest BCUT2D eigenvalue weighted by Crippen LogP contribution is 2.27. The van der Waals surface area contributed by atoms with Gasteiger partial charge in [0.05, 0.1) is 5.52 Å². The number of fused-ring (bicyclic) bond motifs is 1. The number of likely N-dealkylation sites (N-methyl/N-ethyl adjacent to an activating group) is 1. The van der Waals surface area contributed by atoms with Gasteiger partial charge in [0, 0.05) is 35.4 Å². The van der Waals surface area contributed by atoms with Crippen LogP contribution in [0.2, 0.25) is 0 Å². The second kappa shape index (κ2) is 5.41. The smallest absolute Gasteiger partial charge is 0.0725 e. The van der Waals surface area contributed by atoms with Crippen LogP contribution in [0.5, 0.6) is 0 Å². The number of pyridine rings is 1. The van der Waals surface area contributed by atoms with Crippen LogP contribution < -0.4 is 5.32 Å². The molecular formula is C17H23N3. The molecule has 3 rings (SSSR count). The van der Waals surface area contributed by atoms with Crippen LogP contribution in [0.15, 0.2) is 30.3 Å². The number of rotatable bonds is 5. The number of benzene rings is 1. The van der Waals surface area contributed by atoms with Gasteiger partial charge in [-0.3, -0.25) is 9.88 Å². The number of aryl methyl sites for hydroxylation is 1. The van der Waals surface area contributed by atoms with E-state index >= 15 is 0 Å². The molecule has 1 aromatic carbocycles. The molecular weight excluding hydrogens is 246 g/mol. The lowest BCUT2D eigenvalue weighted by molar-refractivity contribution is 0.257. The number of hydrogen-bond acceptors (Lipinski definition) is 3. The van der Waals surface area contributed by atoms with Crippen LogP contribution in [0.4, 0.5) is 5.69 Å². The van der Waals surface area contributed by atoms with Crippen LogP contribution >= 0.6 is 0 Å². The van der Waals surface area contributed by atoms with Gasteiger partial charge in [0.15, 0.2) is 0 Å². The summed E-state index contributed by atoms with van der Waals surface area (Å²) < 4.78 is 0. The fraction of sp³-hybridized carbons (Fsp3) is 0.471. The Hall–Kier alpha value is -1.61. The predicted molar refractivity (Wildman–Crippen MR) is 85.2 cm³/mol. The topological polar surface area (TPSA) is 28.2 Å². The molecule has 0 amide bonds. The maximum atomic E-state index is 4.59. The molecule has 3 nitrogen and oxygen atoms in total. The zero-order valence-corrected chi connectivity index (χ0v) is 12.6. The van der Waals surface area contributed by atoms with Crippen molar-refractivity contribution in [2.75, 3.05) is 18.9 Å². The predicted octanol–water partition coefficient (Wildman–Crippen LogP) is 3.44. The van der Waals surface area contributed by atoms with Gasteiger partial charge in [-0.05, 0) is 45.9 Å². The van der Waals surface area contributed by atoms with Crippen molar-refractivity contribution in [1.82, 2.24) is 9.88 Å². The van der Waals surface area contributed by atoms with Gasteiger partial charge in [-0.25, -0.2) is 0 Å². The Kier molecular flexibility index (Phi) is 3.62. The van der Waals surface area contributed by atoms with Crippen molar-refractivity contribution >= 4 is 16.6 Å². The van der Waals surface area contributed by atoms with Crippen LogP contribution in [0, 0.1) is 6.92 Å². The molecule has 0 bridgehead atoms. The fourth-order valence-corrected chi connectivity index (χ4v) is 2.70. The lowest BCUT2D eigenvalue weighted by atomic mass is 10.1. The molecule has 1 fully saturated rings. The van der Waals surface area contributed by atoms with E-state index in [9.17, 15) is 0 Å². The summed E-state index contributed by atoms with van der Waals surface area (Å²) in [7, 11) is 2.24. The van der Waals surface area contributed by atoms with Gasteiger partial charge in [-0.15, -0.1) is 0 Å². The Morgan fingerprint density at radius 1 is 1.35 bits per heavy atom. The fourth-order valence-electron chi connectivity index (χ4n) is 2.70. The molecule has 0 spiro atoms. The summed E-state index contributed by atoms with van der Waals surface area (Å²) in [5, 5.41) is 4.82. The largest absolute Gasteiger partial charge is 0.383 e. The Labute approximate surface area is 121 Å². The summed E-state index contributed by atoms with van der Waals surface area (Å²) in [5.74, 6) is 0. The second-order valence-electron chi connectivity index (χ2n) is 5.95. The Morgan fingerprint density at radius 3 is 2.85 bits per heavy atom. The van der Waals surface area contributed by atoms with Gasteiger partial charge < -0.3 is 5.32 Å². The highest BCUT2D eigenvalue weighted by molar-refractivity contribution is 5.91. The zero-order valence-electron chi connectivity index (χ0n) is 12.6. The second-order valence-corrected chi connectivity index (χ2v) is 5.95. The standard InChI is InChI=1S/C17H23N3/c1-12-10-17(15-6-4-5-7-16(15)19-12)18-11-13(2)20(3)14-8-9-14/h4-7,10,13-14H,8-9,11H2,1-3H3,(H,18,19). The average molecular weight is 269 g/mol. The molecule has 0 saturated heterocycles. The highest BCUT2D eigenvalue weighted by atomic mass is 15.2. The minimum atomic E-state index is 0.551. The normalized spacial score (nSPS) is 16.6. The third kappa shape index (κ3) is 2.78. The van der Waals surface area contributed by atoms with Gasteiger partial charge in [-0.1, -0.05) is 18.2 Å². The number of anilines is 1. The van der Waals surface area contributed by atoms with Gasteiger partial charge in [0.2, 0.25) is 0 Å². The van der Waals surface area contributed by atoms with Gasteiger partial charge >= 0.3 is 0 Å². The first-order chi connectivity index (χ1) is 9.65. The van der Waals surface area contributed by atoms with E-state index in [2.05, 4.69) is 60.4 Å². The van der Waals surface area contributed by atoms with E-state index in [1.165, 1.54) is 23.9 Å². The van der Waals surface area contributed by atoms with Crippen molar-refractivity contribution in [2.24, 2.45) is 0 Å². The number of hydrogen-bond donors (Lipinski definition) is 1. The van der Waals surface area contributed by atoms with Crippen LogP contribution in [-0.4, -0.2) is 35.6 Å². The van der Waals surface area contributed by atoms with E-state index in [1.54, 1.807) is 0 Å². The number of nitrogens with one attached hydrogen (secondary N) is 1. The molecule has 1 N–H and O–H groups in total. The summed E-state index contributed by atoms with van der Waals surface area (Å²) in [6.45, 7) is 5.32. The Balaban J connectivity index is 1.76. The number of para-hydroxylation sites is 1. The van der Waals surface area contributed by atoms with Gasteiger partial charge in [-0.2, -0.15) is 0 Å². The number of nitrogens with zero attached hydrogens (tertiary/aromatic N) is 2. The average Bonchev–Trinajstić information content (AvgIpc) is 3.28. The minimum absolute atomic E-state index is 0.551. The summed E-state index contributed by atoms with van der Waals surface area (Å²) in [6.07, 6.45) is 2.72. The van der Waals surface area contributed by atoms with Crippen molar-refractivity contribution < 1.29 is 0 Å². The molecule has 20 heavy (non-hydrogen) atoms. The minimum Gasteiger partial charge on any atom is -0.383 e. The maximum absolute atomic E-state index is 4.59. The van der Waals surface area contributed by atoms with Crippen LogP contribution in [0.3, 0.4) is 0 Å². The van der Waals surface area contributed by atoms with Gasteiger partial charge in [0.25, 0.3) is 0 Å². The van der Waals surface area contributed by atoms with E-state index in [4.69, 9.17) is 0 Å². The molecule has 1 atom stereocenters. The van der Waals surface area contributed by atoms with Crippen molar-refractivity contribution in [1.29, 1.82) is 0 Å². The SMILES string of the molecule is Cc1cc(NCC(C)N(C)C2CC2)c2ccccc2n1. The zero-order chi connectivity index (χ0) is 14.1. The van der Waals surface area contributed by atoms with E-state index in [-0.39, 0.29) is 0 Å². The van der Waals surface area contributed by atoms with E-state index in [1.807, 2.05) is 6.07 Å². The van der Waals surface area contributed by atoms with Crippen LogP contribution in [0.25, 0.3) is 10.9 Å².